The third kappa shape index (κ3) is 3.36. The maximum atomic E-state index is 10.7. The lowest BCUT2D eigenvalue weighted by Crippen LogP contribution is -2.12. The molecule has 0 atom stereocenters. The Balaban J connectivity index is 1.97. The molecule has 20 heavy (non-hydrogen) atoms. The number of aryl methyl sites for hydroxylation is 2. The fourth-order valence-electron chi connectivity index (χ4n) is 1.94. The summed E-state index contributed by atoms with van der Waals surface area (Å²) in [6.45, 7) is 5.26. The molecule has 6 nitrogen and oxygen atoms in total. The molecule has 106 valence electrons. The smallest absolute Gasteiger partial charge is 0.358 e. The zero-order valence-electron chi connectivity index (χ0n) is 11.2. The van der Waals surface area contributed by atoms with Crippen molar-refractivity contribution < 1.29 is 9.90 Å². The second-order valence-corrected chi connectivity index (χ2v) is 5.39. The average molecular weight is 339 g/mol. The van der Waals surface area contributed by atoms with E-state index in [1.165, 1.54) is 16.4 Å². The number of hydrogen-bond acceptors (Lipinski definition) is 4. The Morgan fingerprint density at radius 3 is 2.80 bits per heavy atom. The molecule has 2 N–H and O–H groups in total. The Morgan fingerprint density at radius 1 is 1.45 bits per heavy atom. The zero-order chi connectivity index (χ0) is 14.7. The van der Waals surface area contributed by atoms with Gasteiger partial charge in [0.15, 0.2) is 5.69 Å². The van der Waals surface area contributed by atoms with E-state index in [0.717, 1.165) is 15.7 Å². The van der Waals surface area contributed by atoms with E-state index in [-0.39, 0.29) is 5.69 Å². The fourth-order valence-corrected chi connectivity index (χ4v) is 2.75. The lowest BCUT2D eigenvalue weighted by molar-refractivity contribution is 0.0690. The third-order valence-corrected chi connectivity index (χ3v) is 3.46. The number of carboxylic acids is 1. The van der Waals surface area contributed by atoms with Crippen molar-refractivity contribution in [3.63, 3.8) is 0 Å². The number of aromatic nitrogens is 3. The second kappa shape index (κ2) is 6.04. The number of aromatic carboxylic acids is 1. The summed E-state index contributed by atoms with van der Waals surface area (Å²) in [5.74, 6) is -1.07. The van der Waals surface area contributed by atoms with Crippen molar-refractivity contribution in [1.29, 1.82) is 0 Å². The molecule has 2 rings (SSSR count). The van der Waals surface area contributed by atoms with Crippen molar-refractivity contribution >= 4 is 27.6 Å². The lowest BCUT2D eigenvalue weighted by Gasteiger charge is -2.12. The first-order valence-electron chi connectivity index (χ1n) is 6.11. The molecular weight excluding hydrogens is 324 g/mol. The Bertz CT molecular complexity index is 616. The van der Waals surface area contributed by atoms with Gasteiger partial charge in [-0.3, -0.25) is 0 Å². The molecule has 0 spiro atoms. The normalized spacial score (nSPS) is 10.6. The van der Waals surface area contributed by atoms with Crippen LogP contribution in [-0.4, -0.2) is 32.6 Å². The topological polar surface area (TPSA) is 80.0 Å². The molecule has 1 heterocycles. The van der Waals surface area contributed by atoms with E-state index in [1.54, 1.807) is 0 Å². The van der Waals surface area contributed by atoms with Crippen molar-refractivity contribution in [2.75, 3.05) is 11.9 Å². The van der Waals surface area contributed by atoms with Gasteiger partial charge in [0.25, 0.3) is 0 Å². The zero-order valence-corrected chi connectivity index (χ0v) is 12.8. The third-order valence-electron chi connectivity index (χ3n) is 2.83. The first-order valence-corrected chi connectivity index (χ1v) is 6.90. The predicted molar refractivity (Wildman–Crippen MR) is 79.1 cm³/mol. The largest absolute Gasteiger partial charge is 0.476 e. The van der Waals surface area contributed by atoms with Gasteiger partial charge in [-0.25, -0.2) is 9.48 Å². The number of nitrogens with one attached hydrogen (secondary N) is 1. The number of benzene rings is 1. The second-order valence-electron chi connectivity index (χ2n) is 4.54. The van der Waals surface area contributed by atoms with Gasteiger partial charge in [0.2, 0.25) is 0 Å². The monoisotopic (exact) mass is 338 g/mol. The highest BCUT2D eigenvalue weighted by molar-refractivity contribution is 9.10. The van der Waals surface area contributed by atoms with Gasteiger partial charge in [0.1, 0.15) is 0 Å². The maximum absolute atomic E-state index is 10.7. The van der Waals surface area contributed by atoms with Crippen LogP contribution < -0.4 is 5.32 Å². The SMILES string of the molecule is Cc1cc(C)c(NCCn2cc(C(=O)O)nn2)c(Br)c1. The summed E-state index contributed by atoms with van der Waals surface area (Å²) in [4.78, 5) is 10.7. The molecular formula is C13H15BrN4O2. The lowest BCUT2D eigenvalue weighted by atomic mass is 10.1. The highest BCUT2D eigenvalue weighted by atomic mass is 79.9. The van der Waals surface area contributed by atoms with E-state index >= 15 is 0 Å². The number of carboxylic acid groups (broad SMARTS) is 1. The van der Waals surface area contributed by atoms with E-state index < -0.39 is 5.97 Å². The number of carbonyl (C=O) groups is 1. The van der Waals surface area contributed by atoms with Crippen LogP contribution in [0.25, 0.3) is 0 Å². The van der Waals surface area contributed by atoms with Crippen LogP contribution in [0.1, 0.15) is 21.6 Å². The first kappa shape index (κ1) is 14.5. The van der Waals surface area contributed by atoms with E-state index in [2.05, 4.69) is 37.6 Å². The molecule has 0 aliphatic carbocycles. The van der Waals surface area contributed by atoms with Crippen LogP contribution in [0.4, 0.5) is 5.69 Å². The first-order chi connectivity index (χ1) is 9.47. The molecule has 0 bridgehead atoms. The molecule has 0 saturated heterocycles. The molecule has 0 fully saturated rings. The Kier molecular flexibility index (Phi) is 4.39. The molecule has 0 saturated carbocycles. The van der Waals surface area contributed by atoms with Crippen molar-refractivity contribution in [2.45, 2.75) is 20.4 Å². The van der Waals surface area contributed by atoms with E-state index in [4.69, 9.17) is 5.11 Å². The molecule has 0 radical (unpaired) electrons. The minimum atomic E-state index is -1.07. The van der Waals surface area contributed by atoms with Crippen LogP contribution in [0.15, 0.2) is 22.8 Å². The summed E-state index contributed by atoms with van der Waals surface area (Å²) < 4.78 is 2.52. The van der Waals surface area contributed by atoms with E-state index in [0.29, 0.717) is 13.1 Å². The molecule has 1 aromatic carbocycles. The Labute approximate surface area is 124 Å². The summed E-state index contributed by atoms with van der Waals surface area (Å²) in [5.41, 5.74) is 3.34. The minimum absolute atomic E-state index is 0.0438. The van der Waals surface area contributed by atoms with Gasteiger partial charge in [0, 0.05) is 11.0 Å². The maximum Gasteiger partial charge on any atom is 0.358 e. The quantitative estimate of drug-likeness (QED) is 0.875. The van der Waals surface area contributed by atoms with Gasteiger partial charge in [-0.2, -0.15) is 0 Å². The predicted octanol–water partition coefficient (Wildman–Crippen LogP) is 2.47. The summed E-state index contributed by atoms with van der Waals surface area (Å²) >= 11 is 3.53. The van der Waals surface area contributed by atoms with Gasteiger partial charge in [-0.15, -0.1) is 5.10 Å². The van der Waals surface area contributed by atoms with Crippen molar-refractivity contribution in [1.82, 2.24) is 15.0 Å². The summed E-state index contributed by atoms with van der Waals surface area (Å²) in [6.07, 6.45) is 1.42. The molecule has 1 aromatic heterocycles. The van der Waals surface area contributed by atoms with Crippen LogP contribution in [-0.2, 0) is 6.54 Å². The number of hydrogen-bond donors (Lipinski definition) is 2. The summed E-state index contributed by atoms with van der Waals surface area (Å²) in [5, 5.41) is 19.4. The Hall–Kier alpha value is -1.89. The molecule has 2 aromatic rings. The number of rotatable bonds is 5. The van der Waals surface area contributed by atoms with Crippen LogP contribution >= 0.6 is 15.9 Å². The van der Waals surface area contributed by atoms with Gasteiger partial charge in [-0.05, 0) is 47.0 Å². The van der Waals surface area contributed by atoms with Crippen molar-refractivity contribution in [3.05, 3.63) is 39.6 Å². The van der Waals surface area contributed by atoms with Crippen LogP contribution in [0.2, 0.25) is 0 Å². The molecule has 0 aliphatic heterocycles. The standard InChI is InChI=1S/C13H15BrN4O2/c1-8-5-9(2)12(10(14)6-8)15-3-4-18-7-11(13(19)20)16-17-18/h5-7,15H,3-4H2,1-2H3,(H,19,20). The number of nitrogens with zero attached hydrogens (tertiary/aromatic N) is 3. The molecule has 0 aliphatic rings. The fraction of sp³-hybridized carbons (Fsp3) is 0.308. The average Bonchev–Trinajstić information content (AvgIpc) is 2.81. The molecule has 0 unspecified atom stereocenters. The van der Waals surface area contributed by atoms with Crippen LogP contribution in [0.3, 0.4) is 0 Å². The van der Waals surface area contributed by atoms with Gasteiger partial charge in [-0.1, -0.05) is 11.3 Å². The van der Waals surface area contributed by atoms with E-state index in [1.807, 2.05) is 19.9 Å². The Morgan fingerprint density at radius 2 is 2.20 bits per heavy atom. The van der Waals surface area contributed by atoms with Gasteiger partial charge >= 0.3 is 5.97 Å². The summed E-state index contributed by atoms with van der Waals surface area (Å²) in [7, 11) is 0. The van der Waals surface area contributed by atoms with Gasteiger partial charge in [0.05, 0.1) is 18.4 Å². The van der Waals surface area contributed by atoms with Crippen molar-refractivity contribution in [3.8, 4) is 0 Å². The van der Waals surface area contributed by atoms with Crippen LogP contribution in [0.5, 0.6) is 0 Å². The highest BCUT2D eigenvalue weighted by Crippen LogP contribution is 2.27. The van der Waals surface area contributed by atoms with Gasteiger partial charge < -0.3 is 10.4 Å². The van der Waals surface area contributed by atoms with Crippen LogP contribution in [0, 0.1) is 13.8 Å². The highest BCUT2D eigenvalue weighted by Gasteiger charge is 2.08. The number of halogens is 1. The van der Waals surface area contributed by atoms with Crippen molar-refractivity contribution in [2.24, 2.45) is 0 Å². The summed E-state index contributed by atoms with van der Waals surface area (Å²) in [6, 6.07) is 4.15. The number of anilines is 1. The molecule has 7 heteroatoms. The minimum Gasteiger partial charge on any atom is -0.476 e. The van der Waals surface area contributed by atoms with E-state index in [9.17, 15) is 4.79 Å². The molecule has 0 amide bonds.